The first kappa shape index (κ1) is 15.1. The van der Waals surface area contributed by atoms with E-state index in [0.29, 0.717) is 10.2 Å². The van der Waals surface area contributed by atoms with Gasteiger partial charge in [0.25, 0.3) is 5.91 Å². The molecule has 6 heteroatoms. The van der Waals surface area contributed by atoms with E-state index in [1.165, 1.54) is 12.1 Å². The number of carbonyl (C=O) groups excluding carboxylic acids is 1. The molecule has 1 aliphatic heterocycles. The summed E-state index contributed by atoms with van der Waals surface area (Å²) in [4.78, 5) is 14.1. The summed E-state index contributed by atoms with van der Waals surface area (Å²) >= 11 is 3.20. The van der Waals surface area contributed by atoms with E-state index in [-0.39, 0.29) is 11.6 Å². The number of hydrogen-bond acceptors (Lipinski definition) is 3. The van der Waals surface area contributed by atoms with Gasteiger partial charge in [-0.2, -0.15) is 0 Å². The molecule has 4 nitrogen and oxygen atoms in total. The Bertz CT molecular complexity index is 481. The number of carbonyl (C=O) groups is 1. The molecule has 20 heavy (non-hydrogen) atoms. The van der Waals surface area contributed by atoms with E-state index in [1.54, 1.807) is 6.92 Å². The van der Waals surface area contributed by atoms with Crippen LogP contribution in [0.3, 0.4) is 0 Å². The third-order valence-corrected chi connectivity index (χ3v) is 3.94. The monoisotopic (exact) mass is 344 g/mol. The fourth-order valence-corrected chi connectivity index (χ4v) is 2.84. The highest BCUT2D eigenvalue weighted by Gasteiger charge is 2.24. The number of likely N-dealkylation sites (tertiary alicyclic amines) is 1. The second kappa shape index (κ2) is 6.43. The first-order valence-electron chi connectivity index (χ1n) is 6.69. The van der Waals surface area contributed by atoms with Gasteiger partial charge in [-0.15, -0.1) is 0 Å². The minimum Gasteiger partial charge on any atom is -0.478 e. The molecule has 1 aliphatic rings. The zero-order chi connectivity index (χ0) is 14.7. The van der Waals surface area contributed by atoms with Crippen LogP contribution in [-0.2, 0) is 4.79 Å². The smallest absolute Gasteiger partial charge is 0.263 e. The van der Waals surface area contributed by atoms with Crippen LogP contribution >= 0.6 is 15.9 Å². The summed E-state index contributed by atoms with van der Waals surface area (Å²) < 4.78 is 19.2. The van der Waals surface area contributed by atoms with Crippen LogP contribution in [0.4, 0.5) is 10.1 Å². The Morgan fingerprint density at radius 1 is 1.40 bits per heavy atom. The fourth-order valence-electron chi connectivity index (χ4n) is 2.30. The lowest BCUT2D eigenvalue weighted by Crippen LogP contribution is -2.43. The van der Waals surface area contributed by atoms with Crippen molar-refractivity contribution >= 4 is 27.5 Å². The third-order valence-electron chi connectivity index (χ3n) is 3.35. The number of nitrogens with zero attached hydrogens (tertiary/aromatic N) is 1. The molecule has 1 saturated heterocycles. The number of hydrogen-bond donors (Lipinski definition) is 1. The van der Waals surface area contributed by atoms with E-state index < -0.39 is 11.9 Å². The van der Waals surface area contributed by atoms with E-state index >= 15 is 0 Å². The molecule has 1 fully saturated rings. The van der Waals surface area contributed by atoms with Crippen molar-refractivity contribution < 1.29 is 13.9 Å². The molecule has 1 aromatic carbocycles. The van der Waals surface area contributed by atoms with Gasteiger partial charge in [-0.05, 0) is 48.2 Å². The molecule has 1 unspecified atom stereocenters. The summed E-state index contributed by atoms with van der Waals surface area (Å²) in [7, 11) is 0. The molecule has 0 aliphatic carbocycles. The van der Waals surface area contributed by atoms with Crippen molar-refractivity contribution in [2.45, 2.75) is 32.3 Å². The maximum atomic E-state index is 13.2. The number of piperidine rings is 1. The van der Waals surface area contributed by atoms with E-state index in [1.807, 2.05) is 4.90 Å². The van der Waals surface area contributed by atoms with Crippen LogP contribution in [0.1, 0.15) is 26.2 Å². The highest BCUT2D eigenvalue weighted by molar-refractivity contribution is 9.10. The van der Waals surface area contributed by atoms with Crippen molar-refractivity contribution in [2.24, 2.45) is 0 Å². The number of amides is 1. The maximum absolute atomic E-state index is 13.2. The summed E-state index contributed by atoms with van der Waals surface area (Å²) in [6.45, 7) is 3.23. The van der Waals surface area contributed by atoms with E-state index in [4.69, 9.17) is 10.5 Å². The molecule has 0 spiro atoms. The molecular formula is C14H18BrFN2O2. The Hall–Kier alpha value is -1.30. The molecule has 110 valence electrons. The quantitative estimate of drug-likeness (QED) is 0.857. The molecule has 0 radical (unpaired) electrons. The van der Waals surface area contributed by atoms with Gasteiger partial charge in [0.05, 0.1) is 10.2 Å². The summed E-state index contributed by atoms with van der Waals surface area (Å²) in [5.74, 6) is -0.193. The molecule has 1 atom stereocenters. The van der Waals surface area contributed by atoms with Gasteiger partial charge in [-0.25, -0.2) is 4.39 Å². The van der Waals surface area contributed by atoms with Gasteiger partial charge in [-0.1, -0.05) is 0 Å². The average Bonchev–Trinajstić information content (AvgIpc) is 2.42. The topological polar surface area (TPSA) is 55.6 Å². The molecule has 2 N–H and O–H groups in total. The largest absolute Gasteiger partial charge is 0.478 e. The summed E-state index contributed by atoms with van der Waals surface area (Å²) in [6, 6.07) is 2.45. The average molecular weight is 345 g/mol. The van der Waals surface area contributed by atoms with Gasteiger partial charge in [0.1, 0.15) is 5.82 Å². The number of benzene rings is 1. The Kier molecular flexibility index (Phi) is 4.86. The minimum atomic E-state index is -0.642. The molecule has 0 saturated carbocycles. The van der Waals surface area contributed by atoms with Gasteiger partial charge in [0.2, 0.25) is 0 Å². The van der Waals surface area contributed by atoms with Gasteiger partial charge in [-0.3, -0.25) is 4.79 Å². The molecule has 0 aromatic heterocycles. The first-order valence-corrected chi connectivity index (χ1v) is 7.48. The Labute approximate surface area is 126 Å². The van der Waals surface area contributed by atoms with Gasteiger partial charge in [0, 0.05) is 19.2 Å². The molecular weight excluding hydrogens is 327 g/mol. The molecule has 2 rings (SSSR count). The number of rotatable bonds is 3. The van der Waals surface area contributed by atoms with E-state index in [2.05, 4.69) is 15.9 Å². The van der Waals surface area contributed by atoms with Gasteiger partial charge < -0.3 is 15.4 Å². The predicted octanol–water partition coefficient (Wildman–Crippen LogP) is 2.95. The Morgan fingerprint density at radius 2 is 2.05 bits per heavy atom. The maximum Gasteiger partial charge on any atom is 0.263 e. The highest BCUT2D eigenvalue weighted by atomic mass is 79.9. The zero-order valence-corrected chi connectivity index (χ0v) is 13.0. The van der Waals surface area contributed by atoms with Crippen molar-refractivity contribution in [1.82, 2.24) is 4.90 Å². The van der Waals surface area contributed by atoms with E-state index in [9.17, 15) is 9.18 Å². The van der Waals surface area contributed by atoms with Crippen molar-refractivity contribution in [2.75, 3.05) is 18.8 Å². The predicted molar refractivity (Wildman–Crippen MR) is 79.0 cm³/mol. The number of nitrogen functional groups attached to an aromatic ring is 1. The molecule has 0 bridgehead atoms. The second-order valence-electron chi connectivity index (χ2n) is 4.95. The minimum absolute atomic E-state index is 0.0553. The van der Waals surface area contributed by atoms with E-state index in [0.717, 1.165) is 32.4 Å². The lowest BCUT2D eigenvalue weighted by molar-refractivity contribution is -0.138. The van der Waals surface area contributed by atoms with Crippen LogP contribution in [0, 0.1) is 5.82 Å². The van der Waals surface area contributed by atoms with Crippen LogP contribution in [0.2, 0.25) is 0 Å². The SMILES string of the molecule is CC(Oc1c(N)cc(F)cc1Br)C(=O)N1CCCCC1. The Balaban J connectivity index is 2.07. The summed E-state index contributed by atoms with van der Waals surface area (Å²) in [5.41, 5.74) is 5.91. The molecule has 1 heterocycles. The molecule has 1 aromatic rings. The highest BCUT2D eigenvalue weighted by Crippen LogP contribution is 2.33. The summed E-state index contributed by atoms with van der Waals surface area (Å²) in [5, 5.41) is 0. The van der Waals surface area contributed by atoms with Gasteiger partial charge >= 0.3 is 0 Å². The van der Waals surface area contributed by atoms with Crippen molar-refractivity contribution in [3.63, 3.8) is 0 Å². The van der Waals surface area contributed by atoms with Crippen LogP contribution in [0.15, 0.2) is 16.6 Å². The zero-order valence-electron chi connectivity index (χ0n) is 11.4. The lowest BCUT2D eigenvalue weighted by atomic mass is 10.1. The number of ether oxygens (including phenoxy) is 1. The van der Waals surface area contributed by atoms with Crippen LogP contribution < -0.4 is 10.5 Å². The van der Waals surface area contributed by atoms with Crippen molar-refractivity contribution in [1.29, 1.82) is 0 Å². The second-order valence-corrected chi connectivity index (χ2v) is 5.81. The van der Waals surface area contributed by atoms with Crippen molar-refractivity contribution in [3.05, 3.63) is 22.4 Å². The fraction of sp³-hybridized carbons (Fsp3) is 0.500. The van der Waals surface area contributed by atoms with Crippen LogP contribution in [-0.4, -0.2) is 30.0 Å². The van der Waals surface area contributed by atoms with Crippen molar-refractivity contribution in [3.8, 4) is 5.75 Å². The number of halogens is 2. The first-order chi connectivity index (χ1) is 9.49. The number of nitrogens with two attached hydrogens (primary N) is 1. The van der Waals surface area contributed by atoms with Crippen LogP contribution in [0.5, 0.6) is 5.75 Å². The lowest BCUT2D eigenvalue weighted by Gasteiger charge is -2.29. The summed E-state index contributed by atoms with van der Waals surface area (Å²) in [6.07, 6.45) is 2.58. The Morgan fingerprint density at radius 3 is 2.65 bits per heavy atom. The van der Waals surface area contributed by atoms with Gasteiger partial charge in [0.15, 0.2) is 11.9 Å². The normalized spacial score (nSPS) is 16.9. The number of anilines is 1. The third kappa shape index (κ3) is 3.42. The molecule has 1 amide bonds. The standard InChI is InChI=1S/C14H18BrFN2O2/c1-9(14(19)18-5-3-2-4-6-18)20-13-11(15)7-10(16)8-12(13)17/h7-9H,2-6,17H2,1H3. The van der Waals surface area contributed by atoms with Crippen LogP contribution in [0.25, 0.3) is 0 Å².